The Bertz CT molecular complexity index is 439. The maximum absolute atomic E-state index is 5.59. The number of thiol groups is 1. The van der Waals surface area contributed by atoms with Crippen molar-refractivity contribution in [1.82, 2.24) is 0 Å². The SMILES string of the molecule is Nc1ccc(N=Cc2ccc(S)cc2)cc1. The Labute approximate surface area is 100 Å². The molecule has 0 amide bonds. The lowest BCUT2D eigenvalue weighted by Gasteiger charge is -1.96. The van der Waals surface area contributed by atoms with Gasteiger partial charge in [-0.1, -0.05) is 12.1 Å². The Morgan fingerprint density at radius 3 is 2.19 bits per heavy atom. The lowest BCUT2D eigenvalue weighted by Crippen LogP contribution is -1.82. The fourth-order valence-corrected chi connectivity index (χ4v) is 1.42. The van der Waals surface area contributed by atoms with Gasteiger partial charge in [-0.05, 0) is 42.0 Å². The zero-order valence-electron chi connectivity index (χ0n) is 8.67. The van der Waals surface area contributed by atoms with E-state index >= 15 is 0 Å². The minimum atomic E-state index is 0.748. The molecule has 2 rings (SSSR count). The number of hydrogen-bond acceptors (Lipinski definition) is 3. The van der Waals surface area contributed by atoms with Crippen LogP contribution in [-0.4, -0.2) is 6.21 Å². The fraction of sp³-hybridized carbons (Fsp3) is 0. The molecule has 2 aromatic rings. The maximum Gasteiger partial charge on any atom is 0.0631 e. The predicted molar refractivity (Wildman–Crippen MR) is 71.8 cm³/mol. The van der Waals surface area contributed by atoms with Crippen molar-refractivity contribution in [2.45, 2.75) is 4.90 Å². The first-order valence-electron chi connectivity index (χ1n) is 4.93. The lowest BCUT2D eigenvalue weighted by atomic mass is 10.2. The molecule has 2 aromatic carbocycles. The summed E-state index contributed by atoms with van der Waals surface area (Å²) < 4.78 is 0. The van der Waals surface area contributed by atoms with Crippen molar-refractivity contribution in [2.75, 3.05) is 5.73 Å². The molecule has 0 fully saturated rings. The molecule has 3 heteroatoms. The molecule has 80 valence electrons. The molecule has 2 nitrogen and oxygen atoms in total. The molecular weight excluding hydrogens is 216 g/mol. The van der Waals surface area contributed by atoms with Crippen molar-refractivity contribution in [2.24, 2.45) is 4.99 Å². The molecule has 0 atom stereocenters. The van der Waals surface area contributed by atoms with Crippen molar-refractivity contribution < 1.29 is 0 Å². The van der Waals surface area contributed by atoms with E-state index in [0.717, 1.165) is 21.8 Å². The van der Waals surface area contributed by atoms with Crippen LogP contribution in [0.1, 0.15) is 5.56 Å². The number of benzene rings is 2. The first-order chi connectivity index (χ1) is 7.74. The number of rotatable bonds is 2. The van der Waals surface area contributed by atoms with E-state index in [2.05, 4.69) is 17.6 Å². The second kappa shape index (κ2) is 4.86. The van der Waals surface area contributed by atoms with Gasteiger partial charge in [0.2, 0.25) is 0 Å². The summed E-state index contributed by atoms with van der Waals surface area (Å²) in [5.74, 6) is 0. The van der Waals surface area contributed by atoms with E-state index in [1.165, 1.54) is 0 Å². The predicted octanol–water partition coefficient (Wildman–Crippen LogP) is 3.31. The van der Waals surface area contributed by atoms with Crippen LogP contribution in [0.25, 0.3) is 0 Å². The minimum Gasteiger partial charge on any atom is -0.399 e. The van der Waals surface area contributed by atoms with Crippen LogP contribution in [0.15, 0.2) is 58.4 Å². The third-order valence-corrected chi connectivity index (χ3v) is 2.45. The van der Waals surface area contributed by atoms with Gasteiger partial charge >= 0.3 is 0 Å². The molecule has 0 bridgehead atoms. The van der Waals surface area contributed by atoms with Crippen LogP contribution >= 0.6 is 12.6 Å². The molecule has 0 aliphatic rings. The smallest absolute Gasteiger partial charge is 0.0631 e. The van der Waals surface area contributed by atoms with Crippen molar-refractivity contribution in [3.63, 3.8) is 0 Å². The molecule has 0 heterocycles. The Morgan fingerprint density at radius 2 is 1.56 bits per heavy atom. The normalized spacial score (nSPS) is 10.8. The van der Waals surface area contributed by atoms with E-state index in [1.54, 1.807) is 0 Å². The molecule has 0 spiro atoms. The summed E-state index contributed by atoms with van der Waals surface area (Å²) in [6, 6.07) is 15.3. The van der Waals surface area contributed by atoms with Gasteiger partial charge in [0.1, 0.15) is 0 Å². The highest BCUT2D eigenvalue weighted by Crippen LogP contribution is 2.14. The minimum absolute atomic E-state index is 0.748. The number of aliphatic imine (C=N–C) groups is 1. The van der Waals surface area contributed by atoms with Crippen molar-refractivity contribution in [3.05, 3.63) is 54.1 Å². The molecule has 0 saturated carbocycles. The molecule has 0 radical (unpaired) electrons. The second-order valence-electron chi connectivity index (χ2n) is 3.44. The quantitative estimate of drug-likeness (QED) is 0.462. The molecule has 0 aromatic heterocycles. The van der Waals surface area contributed by atoms with E-state index in [1.807, 2.05) is 54.7 Å². The second-order valence-corrected chi connectivity index (χ2v) is 3.96. The van der Waals surface area contributed by atoms with E-state index in [9.17, 15) is 0 Å². The number of nitrogens with two attached hydrogens (primary N) is 1. The van der Waals surface area contributed by atoms with E-state index in [-0.39, 0.29) is 0 Å². The van der Waals surface area contributed by atoms with Crippen LogP contribution in [0.2, 0.25) is 0 Å². The highest BCUT2D eigenvalue weighted by molar-refractivity contribution is 7.80. The van der Waals surface area contributed by atoms with Gasteiger partial charge in [0.15, 0.2) is 0 Å². The Balaban J connectivity index is 2.15. The summed E-state index contributed by atoms with van der Waals surface area (Å²) in [7, 11) is 0. The summed E-state index contributed by atoms with van der Waals surface area (Å²) in [5.41, 5.74) is 8.28. The van der Waals surface area contributed by atoms with Crippen LogP contribution in [0.5, 0.6) is 0 Å². The topological polar surface area (TPSA) is 38.4 Å². The third-order valence-electron chi connectivity index (χ3n) is 2.15. The average molecular weight is 228 g/mol. The number of nitrogens with zero attached hydrogens (tertiary/aromatic N) is 1. The zero-order chi connectivity index (χ0) is 11.4. The number of anilines is 1. The first kappa shape index (κ1) is 10.8. The van der Waals surface area contributed by atoms with Crippen LogP contribution < -0.4 is 5.73 Å². The van der Waals surface area contributed by atoms with E-state index < -0.39 is 0 Å². The van der Waals surface area contributed by atoms with Gasteiger partial charge in [-0.25, -0.2) is 0 Å². The monoisotopic (exact) mass is 228 g/mol. The molecule has 0 aliphatic carbocycles. The van der Waals surface area contributed by atoms with Crippen LogP contribution in [-0.2, 0) is 0 Å². The lowest BCUT2D eigenvalue weighted by molar-refractivity contribution is 1.46. The summed E-state index contributed by atoms with van der Waals surface area (Å²) >= 11 is 4.22. The van der Waals surface area contributed by atoms with Crippen LogP contribution in [0, 0.1) is 0 Å². The van der Waals surface area contributed by atoms with Gasteiger partial charge < -0.3 is 5.73 Å². The summed E-state index contributed by atoms with van der Waals surface area (Å²) in [6.45, 7) is 0. The highest BCUT2D eigenvalue weighted by atomic mass is 32.1. The van der Waals surface area contributed by atoms with Gasteiger partial charge in [0.25, 0.3) is 0 Å². The van der Waals surface area contributed by atoms with E-state index in [0.29, 0.717) is 0 Å². The zero-order valence-corrected chi connectivity index (χ0v) is 9.56. The van der Waals surface area contributed by atoms with Gasteiger partial charge in [0, 0.05) is 16.8 Å². The molecule has 0 unspecified atom stereocenters. The molecule has 0 aliphatic heterocycles. The fourth-order valence-electron chi connectivity index (χ4n) is 1.27. The highest BCUT2D eigenvalue weighted by Gasteiger charge is 1.89. The van der Waals surface area contributed by atoms with Crippen LogP contribution in [0.4, 0.5) is 11.4 Å². The summed E-state index contributed by atoms with van der Waals surface area (Å²) in [6.07, 6.45) is 1.82. The van der Waals surface area contributed by atoms with Crippen molar-refractivity contribution >= 4 is 30.2 Å². The Kier molecular flexibility index (Phi) is 3.27. The molecular formula is C13H12N2S. The summed E-state index contributed by atoms with van der Waals surface area (Å²) in [4.78, 5) is 5.29. The Morgan fingerprint density at radius 1 is 0.938 bits per heavy atom. The van der Waals surface area contributed by atoms with Crippen molar-refractivity contribution in [1.29, 1.82) is 0 Å². The van der Waals surface area contributed by atoms with Gasteiger partial charge in [-0.15, -0.1) is 12.6 Å². The third kappa shape index (κ3) is 2.87. The maximum atomic E-state index is 5.59. The number of nitrogen functional groups attached to an aromatic ring is 1. The summed E-state index contributed by atoms with van der Waals surface area (Å²) in [5, 5.41) is 0. The molecule has 2 N–H and O–H groups in total. The largest absolute Gasteiger partial charge is 0.399 e. The number of hydrogen-bond donors (Lipinski definition) is 2. The van der Waals surface area contributed by atoms with Gasteiger partial charge in [-0.2, -0.15) is 0 Å². The van der Waals surface area contributed by atoms with Gasteiger partial charge in [-0.3, -0.25) is 4.99 Å². The van der Waals surface area contributed by atoms with Crippen molar-refractivity contribution in [3.8, 4) is 0 Å². The van der Waals surface area contributed by atoms with E-state index in [4.69, 9.17) is 5.73 Å². The van der Waals surface area contributed by atoms with Crippen LogP contribution in [0.3, 0.4) is 0 Å². The molecule has 16 heavy (non-hydrogen) atoms. The van der Waals surface area contributed by atoms with Gasteiger partial charge in [0.05, 0.1) is 5.69 Å². The Hall–Kier alpha value is -1.74. The molecule has 0 saturated heterocycles. The first-order valence-corrected chi connectivity index (χ1v) is 5.37. The average Bonchev–Trinajstić information content (AvgIpc) is 2.30. The standard InChI is InChI=1S/C13H12N2S/c14-11-3-5-12(6-4-11)15-9-10-1-7-13(16)8-2-10/h1-9,16H,14H2.